The Kier molecular flexibility index (Phi) is 4.95. The summed E-state index contributed by atoms with van der Waals surface area (Å²) in [5.41, 5.74) is 2.56. The Bertz CT molecular complexity index is 1480. The number of carbonyl (C=O) groups is 1. The lowest BCUT2D eigenvalue weighted by Crippen LogP contribution is -2.16. The van der Waals surface area contributed by atoms with E-state index in [-0.39, 0.29) is 5.56 Å². The van der Waals surface area contributed by atoms with Gasteiger partial charge >= 0.3 is 0 Å². The highest BCUT2D eigenvalue weighted by Crippen LogP contribution is 2.25. The average Bonchev–Trinajstić information content (AvgIpc) is 3.20. The summed E-state index contributed by atoms with van der Waals surface area (Å²) in [7, 11) is 0. The number of rotatable bonds is 4. The first kappa shape index (κ1) is 20.0. The van der Waals surface area contributed by atoms with Gasteiger partial charge in [0.25, 0.3) is 5.91 Å². The Morgan fingerprint density at radius 2 is 1.81 bits per heavy atom. The number of hydrogen-bond acceptors (Lipinski definition) is 5. The Morgan fingerprint density at radius 3 is 2.59 bits per heavy atom. The number of fused-ring (bicyclic) bond motifs is 2. The zero-order chi connectivity index (χ0) is 22.2. The van der Waals surface area contributed by atoms with Crippen LogP contribution in [0.4, 0.5) is 8.78 Å². The fourth-order valence-electron chi connectivity index (χ4n) is 3.50. The van der Waals surface area contributed by atoms with E-state index in [1.165, 1.54) is 0 Å². The Morgan fingerprint density at radius 1 is 1.03 bits per heavy atom. The van der Waals surface area contributed by atoms with Gasteiger partial charge in [0, 0.05) is 28.9 Å². The van der Waals surface area contributed by atoms with Crippen LogP contribution in [0.5, 0.6) is 0 Å². The first-order valence-electron chi connectivity index (χ1n) is 9.48. The quantitative estimate of drug-likeness (QED) is 0.414. The number of nitrogens with one attached hydrogen (secondary N) is 1. The minimum absolute atomic E-state index is 0.164. The van der Waals surface area contributed by atoms with Crippen LogP contribution in [-0.4, -0.2) is 30.9 Å². The summed E-state index contributed by atoms with van der Waals surface area (Å²) in [5, 5.41) is 9.28. The van der Waals surface area contributed by atoms with Crippen LogP contribution in [0, 0.1) is 11.6 Å². The van der Waals surface area contributed by atoms with Gasteiger partial charge in [-0.2, -0.15) is 0 Å². The van der Waals surface area contributed by atoms with Gasteiger partial charge in [-0.3, -0.25) is 14.6 Å². The first-order valence-corrected chi connectivity index (χ1v) is 9.85. The second kappa shape index (κ2) is 7.93. The lowest BCUT2D eigenvalue weighted by Gasteiger charge is -2.07. The van der Waals surface area contributed by atoms with Gasteiger partial charge < -0.3 is 0 Å². The second-order valence-corrected chi connectivity index (χ2v) is 7.24. The fourth-order valence-corrected chi connectivity index (χ4v) is 3.60. The molecule has 2 aromatic carbocycles. The van der Waals surface area contributed by atoms with Crippen molar-refractivity contribution in [2.75, 3.05) is 0 Å². The van der Waals surface area contributed by atoms with E-state index in [1.54, 1.807) is 27.8 Å². The molecule has 5 aromatic rings. The maximum absolute atomic E-state index is 14.4. The van der Waals surface area contributed by atoms with Crippen LogP contribution >= 0.6 is 11.8 Å². The van der Waals surface area contributed by atoms with Gasteiger partial charge in [-0.15, -0.1) is 5.10 Å². The monoisotopic (exact) mass is 450 g/mol. The summed E-state index contributed by atoms with van der Waals surface area (Å²) in [4.78, 5) is 22.1. The number of halogens is 3. The molecule has 3 heterocycles. The van der Waals surface area contributed by atoms with E-state index >= 15 is 0 Å². The largest absolute Gasteiger partial charge is 0.271 e. The lowest BCUT2D eigenvalue weighted by molar-refractivity contribution is 0.0973. The molecule has 0 radical (unpaired) electrons. The van der Waals surface area contributed by atoms with Crippen LogP contribution in [0.15, 0.2) is 60.8 Å². The molecular formula is C22H13ClF2N6O. The standard InChI is InChI=1S/C22H13ClF2N6O/c23-28-22(32)20-15(24)9-14(10-16(20)25)18-5-6-19-21(27-18)31(30-29-19)11-12-3-4-17-13(8-12)2-1-7-26-17/h1-10H,11H2,(H,28,32). The summed E-state index contributed by atoms with van der Waals surface area (Å²) in [6.07, 6.45) is 1.73. The molecule has 5 rings (SSSR count). The molecular weight excluding hydrogens is 438 g/mol. The van der Waals surface area contributed by atoms with Gasteiger partial charge in [0.15, 0.2) is 5.65 Å². The number of benzene rings is 2. The summed E-state index contributed by atoms with van der Waals surface area (Å²) in [6, 6.07) is 15.0. The van der Waals surface area contributed by atoms with E-state index in [4.69, 9.17) is 11.8 Å². The highest BCUT2D eigenvalue weighted by atomic mass is 35.5. The molecule has 32 heavy (non-hydrogen) atoms. The lowest BCUT2D eigenvalue weighted by atomic mass is 10.1. The van der Waals surface area contributed by atoms with Crippen molar-refractivity contribution >= 4 is 39.8 Å². The highest BCUT2D eigenvalue weighted by Gasteiger charge is 2.19. The third kappa shape index (κ3) is 3.52. The molecule has 0 unspecified atom stereocenters. The summed E-state index contributed by atoms with van der Waals surface area (Å²) in [5.74, 6) is -3.16. The number of hydrogen-bond donors (Lipinski definition) is 1. The van der Waals surface area contributed by atoms with Crippen molar-refractivity contribution < 1.29 is 13.6 Å². The van der Waals surface area contributed by atoms with Gasteiger partial charge in [0.2, 0.25) is 0 Å². The molecule has 0 spiro atoms. The van der Waals surface area contributed by atoms with Crippen LogP contribution in [0.3, 0.4) is 0 Å². The average molecular weight is 451 g/mol. The molecule has 10 heteroatoms. The molecule has 3 aromatic heterocycles. The molecule has 0 bridgehead atoms. The van der Waals surface area contributed by atoms with E-state index in [2.05, 4.69) is 20.3 Å². The number of aromatic nitrogens is 5. The topological polar surface area (TPSA) is 85.6 Å². The Balaban J connectivity index is 1.53. The van der Waals surface area contributed by atoms with E-state index < -0.39 is 23.1 Å². The molecule has 0 aliphatic heterocycles. The van der Waals surface area contributed by atoms with Gasteiger partial charge in [0.05, 0.1) is 17.8 Å². The Labute approximate surface area is 184 Å². The van der Waals surface area contributed by atoms with Crippen molar-refractivity contribution in [1.29, 1.82) is 0 Å². The third-order valence-corrected chi connectivity index (χ3v) is 5.18. The van der Waals surface area contributed by atoms with Gasteiger partial charge in [-0.1, -0.05) is 17.3 Å². The zero-order valence-corrected chi connectivity index (χ0v) is 17.0. The van der Waals surface area contributed by atoms with Crippen molar-refractivity contribution in [2.24, 2.45) is 0 Å². The highest BCUT2D eigenvalue weighted by molar-refractivity contribution is 6.24. The van der Waals surface area contributed by atoms with E-state index in [9.17, 15) is 13.6 Å². The van der Waals surface area contributed by atoms with Gasteiger partial charge in [-0.05, 0) is 48.0 Å². The van der Waals surface area contributed by atoms with Crippen molar-refractivity contribution in [2.45, 2.75) is 6.54 Å². The van der Waals surface area contributed by atoms with Crippen LogP contribution in [-0.2, 0) is 6.54 Å². The van der Waals surface area contributed by atoms with Crippen molar-refractivity contribution in [1.82, 2.24) is 29.8 Å². The Hall–Kier alpha value is -3.98. The molecule has 0 atom stereocenters. The minimum atomic E-state index is -1.07. The molecule has 1 amide bonds. The van der Waals surface area contributed by atoms with Crippen LogP contribution < -0.4 is 4.84 Å². The number of amides is 1. The fraction of sp³-hybridized carbons (Fsp3) is 0.0455. The maximum atomic E-state index is 14.4. The molecule has 0 aliphatic carbocycles. The second-order valence-electron chi connectivity index (χ2n) is 7.06. The zero-order valence-electron chi connectivity index (χ0n) is 16.3. The molecule has 0 fully saturated rings. The van der Waals surface area contributed by atoms with Crippen molar-refractivity contribution in [3.63, 3.8) is 0 Å². The normalized spacial score (nSPS) is 11.2. The predicted molar refractivity (Wildman–Crippen MR) is 115 cm³/mol. The van der Waals surface area contributed by atoms with Crippen molar-refractivity contribution in [3.05, 3.63) is 83.6 Å². The molecule has 7 nitrogen and oxygen atoms in total. The van der Waals surface area contributed by atoms with Crippen LogP contribution in [0.25, 0.3) is 33.3 Å². The molecule has 0 saturated carbocycles. The summed E-state index contributed by atoms with van der Waals surface area (Å²) in [6.45, 7) is 0.398. The smallest absolute Gasteiger partial charge is 0.268 e. The van der Waals surface area contributed by atoms with Crippen LogP contribution in [0.2, 0.25) is 0 Å². The van der Waals surface area contributed by atoms with Gasteiger partial charge in [-0.25, -0.2) is 18.4 Å². The number of carbonyl (C=O) groups excluding carboxylic acids is 1. The minimum Gasteiger partial charge on any atom is -0.268 e. The van der Waals surface area contributed by atoms with Gasteiger partial charge in [0.1, 0.15) is 22.7 Å². The molecule has 0 saturated heterocycles. The van der Waals surface area contributed by atoms with Crippen LogP contribution in [0.1, 0.15) is 15.9 Å². The molecule has 158 valence electrons. The molecule has 1 N–H and O–H groups in total. The summed E-state index contributed by atoms with van der Waals surface area (Å²) >= 11 is 5.19. The number of nitrogens with zero attached hydrogens (tertiary/aromatic N) is 5. The molecule has 0 aliphatic rings. The van der Waals surface area contributed by atoms with E-state index in [1.807, 2.05) is 30.3 Å². The third-order valence-electron chi connectivity index (χ3n) is 5.01. The van der Waals surface area contributed by atoms with E-state index in [0.717, 1.165) is 28.6 Å². The van der Waals surface area contributed by atoms with E-state index in [0.29, 0.717) is 23.4 Å². The number of pyridine rings is 2. The maximum Gasteiger partial charge on any atom is 0.271 e. The van der Waals surface area contributed by atoms with Crippen molar-refractivity contribution in [3.8, 4) is 11.3 Å². The summed E-state index contributed by atoms with van der Waals surface area (Å²) < 4.78 is 30.3. The SMILES string of the molecule is O=C(NCl)c1c(F)cc(-c2ccc3nnn(Cc4ccc5ncccc5c4)c3n2)cc1F. The predicted octanol–water partition coefficient (Wildman–Crippen LogP) is 4.25. The first-order chi connectivity index (χ1) is 15.5.